The molecule has 1 heterocycles. The molecule has 0 atom stereocenters. The molecule has 0 saturated carbocycles. The summed E-state index contributed by atoms with van der Waals surface area (Å²) in [5.74, 6) is -0.135. The number of benzene rings is 1. The van der Waals surface area contributed by atoms with Crippen molar-refractivity contribution in [2.24, 2.45) is 0 Å². The highest BCUT2D eigenvalue weighted by molar-refractivity contribution is 7.85. The number of rotatable bonds is 2. The van der Waals surface area contributed by atoms with Gasteiger partial charge in [-0.2, -0.15) is 8.42 Å². The summed E-state index contributed by atoms with van der Waals surface area (Å²) < 4.78 is 30.7. The predicted molar refractivity (Wildman–Crippen MR) is 58.1 cm³/mol. The first-order valence-corrected chi connectivity index (χ1v) is 5.93. The van der Waals surface area contributed by atoms with Crippen molar-refractivity contribution in [2.75, 3.05) is 0 Å². The van der Waals surface area contributed by atoms with E-state index in [1.165, 1.54) is 25.1 Å². The highest BCUT2D eigenvalue weighted by Crippen LogP contribution is 2.20. The van der Waals surface area contributed by atoms with E-state index in [9.17, 15) is 13.2 Å². The summed E-state index contributed by atoms with van der Waals surface area (Å²) in [6, 6.07) is 5.64. The number of ketones is 1. The molecule has 84 valence electrons. The topological polar surface area (TPSA) is 87.2 Å². The lowest BCUT2D eigenvalue weighted by atomic mass is 10.2. The first kappa shape index (κ1) is 10.8. The number of Topliss-reactive ketones (excluding diaryl/α,β-unsaturated/α-hetero) is 1. The first-order valence-electron chi connectivity index (χ1n) is 4.49. The van der Waals surface area contributed by atoms with Crippen LogP contribution in [0.5, 0.6) is 0 Å². The Morgan fingerprint density at radius 3 is 2.56 bits per heavy atom. The third-order valence-corrected chi connectivity index (χ3v) is 3.12. The smallest absolute Gasteiger partial charge is 0.294 e. The Balaban J connectivity index is 2.67. The molecule has 0 spiro atoms. The average molecular weight is 239 g/mol. The fourth-order valence-corrected chi connectivity index (χ4v) is 1.98. The number of fused-ring (bicyclic) bond motifs is 1. The second-order valence-electron chi connectivity index (χ2n) is 3.46. The second kappa shape index (κ2) is 3.43. The van der Waals surface area contributed by atoms with Gasteiger partial charge in [-0.15, -0.1) is 0 Å². The molecule has 0 aliphatic carbocycles. The summed E-state index contributed by atoms with van der Waals surface area (Å²) in [7, 11) is -4.20. The van der Waals surface area contributed by atoms with Crippen LogP contribution in [0.3, 0.4) is 0 Å². The molecule has 2 N–H and O–H groups in total. The average Bonchev–Trinajstić information content (AvgIpc) is 2.58. The largest absolute Gasteiger partial charge is 0.352 e. The molecule has 1 aromatic heterocycles. The zero-order chi connectivity index (χ0) is 11.9. The number of carbonyl (C=O) groups is 1. The van der Waals surface area contributed by atoms with Crippen molar-refractivity contribution in [3.05, 3.63) is 30.0 Å². The molecule has 2 aromatic rings. The molecule has 16 heavy (non-hydrogen) atoms. The number of H-pyrrole nitrogens is 1. The van der Waals surface area contributed by atoms with Gasteiger partial charge < -0.3 is 4.98 Å². The number of nitrogens with one attached hydrogen (secondary N) is 1. The SMILES string of the molecule is CC(=O)c1cc2cc(S(=O)(=O)O)ccc2[nH]1. The maximum absolute atomic E-state index is 11.1. The summed E-state index contributed by atoms with van der Waals surface area (Å²) >= 11 is 0. The lowest BCUT2D eigenvalue weighted by molar-refractivity contribution is 0.101. The first-order chi connectivity index (χ1) is 7.38. The normalized spacial score (nSPS) is 11.9. The van der Waals surface area contributed by atoms with Crippen LogP contribution in [0.25, 0.3) is 10.9 Å². The molecule has 0 aliphatic rings. The summed E-state index contributed by atoms with van der Waals surface area (Å²) in [6.45, 7) is 1.41. The van der Waals surface area contributed by atoms with Crippen LogP contribution in [-0.4, -0.2) is 23.7 Å². The molecular weight excluding hydrogens is 230 g/mol. The molecule has 0 radical (unpaired) electrons. The Bertz CT molecular complexity index is 669. The van der Waals surface area contributed by atoms with Crippen molar-refractivity contribution in [1.29, 1.82) is 0 Å². The van der Waals surface area contributed by atoms with E-state index in [1.54, 1.807) is 6.07 Å². The van der Waals surface area contributed by atoms with E-state index in [1.807, 2.05) is 0 Å². The summed E-state index contributed by atoms with van der Waals surface area (Å²) in [6.07, 6.45) is 0. The quantitative estimate of drug-likeness (QED) is 0.615. The van der Waals surface area contributed by atoms with Gasteiger partial charge in [-0.25, -0.2) is 0 Å². The number of hydrogen-bond donors (Lipinski definition) is 2. The molecule has 0 bridgehead atoms. The Kier molecular flexibility index (Phi) is 2.32. The van der Waals surface area contributed by atoms with Crippen molar-refractivity contribution >= 4 is 26.8 Å². The van der Waals surface area contributed by atoms with E-state index in [-0.39, 0.29) is 10.7 Å². The molecule has 0 saturated heterocycles. The standard InChI is InChI=1S/C10H9NO4S/c1-6(12)10-5-7-4-8(16(13,14)15)2-3-9(7)11-10/h2-5,11H,1H3,(H,13,14,15). The Hall–Kier alpha value is -1.66. The van der Waals surface area contributed by atoms with Gasteiger partial charge in [-0.3, -0.25) is 9.35 Å². The van der Waals surface area contributed by atoms with Gasteiger partial charge in [0.05, 0.1) is 10.6 Å². The van der Waals surface area contributed by atoms with Crippen molar-refractivity contribution in [3.8, 4) is 0 Å². The van der Waals surface area contributed by atoms with Crippen LogP contribution < -0.4 is 0 Å². The Labute approximate surface area is 91.8 Å². The fourth-order valence-electron chi connectivity index (χ4n) is 1.46. The molecule has 0 amide bonds. The van der Waals surface area contributed by atoms with Crippen molar-refractivity contribution in [1.82, 2.24) is 4.98 Å². The number of aromatic nitrogens is 1. The lowest BCUT2D eigenvalue weighted by Crippen LogP contribution is -1.96. The van der Waals surface area contributed by atoms with Crippen LogP contribution in [0.2, 0.25) is 0 Å². The van der Waals surface area contributed by atoms with Crippen LogP contribution in [0.4, 0.5) is 0 Å². The minimum absolute atomic E-state index is 0.135. The summed E-state index contributed by atoms with van der Waals surface area (Å²) in [4.78, 5) is 13.8. The van der Waals surface area contributed by atoms with E-state index in [0.29, 0.717) is 16.6 Å². The number of aromatic amines is 1. The van der Waals surface area contributed by atoms with Crippen molar-refractivity contribution in [3.63, 3.8) is 0 Å². The number of carbonyl (C=O) groups excluding carboxylic acids is 1. The van der Waals surface area contributed by atoms with Crippen LogP contribution in [-0.2, 0) is 10.1 Å². The monoisotopic (exact) mass is 239 g/mol. The maximum atomic E-state index is 11.1. The van der Waals surface area contributed by atoms with E-state index in [4.69, 9.17) is 4.55 Å². The highest BCUT2D eigenvalue weighted by atomic mass is 32.2. The Morgan fingerprint density at radius 1 is 1.31 bits per heavy atom. The van der Waals surface area contributed by atoms with Gasteiger partial charge in [-0.1, -0.05) is 0 Å². The fraction of sp³-hybridized carbons (Fsp3) is 0.100. The molecule has 6 heteroatoms. The zero-order valence-corrected chi connectivity index (χ0v) is 9.21. The van der Waals surface area contributed by atoms with Crippen LogP contribution in [0.15, 0.2) is 29.2 Å². The minimum Gasteiger partial charge on any atom is -0.352 e. The molecule has 0 aliphatic heterocycles. The third-order valence-electron chi connectivity index (χ3n) is 2.27. The van der Waals surface area contributed by atoms with E-state index in [0.717, 1.165) is 0 Å². The van der Waals surface area contributed by atoms with Gasteiger partial charge in [0, 0.05) is 17.8 Å². The number of hydrogen-bond acceptors (Lipinski definition) is 3. The molecule has 5 nitrogen and oxygen atoms in total. The maximum Gasteiger partial charge on any atom is 0.294 e. The van der Waals surface area contributed by atoms with Crippen LogP contribution in [0.1, 0.15) is 17.4 Å². The van der Waals surface area contributed by atoms with E-state index >= 15 is 0 Å². The molecule has 1 aromatic carbocycles. The van der Waals surface area contributed by atoms with Crippen molar-refractivity contribution < 1.29 is 17.8 Å². The molecule has 0 fully saturated rings. The summed E-state index contributed by atoms with van der Waals surface area (Å²) in [5.41, 5.74) is 1.06. The zero-order valence-electron chi connectivity index (χ0n) is 8.39. The summed E-state index contributed by atoms with van der Waals surface area (Å²) in [5, 5.41) is 0.570. The van der Waals surface area contributed by atoms with Gasteiger partial charge in [0.25, 0.3) is 10.1 Å². The highest BCUT2D eigenvalue weighted by Gasteiger charge is 2.11. The molecular formula is C10H9NO4S. The van der Waals surface area contributed by atoms with Gasteiger partial charge in [-0.05, 0) is 24.3 Å². The van der Waals surface area contributed by atoms with Crippen molar-refractivity contribution in [2.45, 2.75) is 11.8 Å². The van der Waals surface area contributed by atoms with Crippen LogP contribution in [0, 0.1) is 0 Å². The van der Waals surface area contributed by atoms with Gasteiger partial charge in [0.15, 0.2) is 5.78 Å². The van der Waals surface area contributed by atoms with Gasteiger partial charge in [0.1, 0.15) is 0 Å². The van der Waals surface area contributed by atoms with E-state index in [2.05, 4.69) is 4.98 Å². The van der Waals surface area contributed by atoms with Gasteiger partial charge >= 0.3 is 0 Å². The third kappa shape index (κ3) is 1.84. The van der Waals surface area contributed by atoms with Crippen LogP contribution >= 0.6 is 0 Å². The molecule has 2 rings (SSSR count). The van der Waals surface area contributed by atoms with Gasteiger partial charge in [0.2, 0.25) is 0 Å². The predicted octanol–water partition coefficient (Wildman–Crippen LogP) is 1.62. The van der Waals surface area contributed by atoms with E-state index < -0.39 is 10.1 Å². The Morgan fingerprint density at radius 2 is 2.00 bits per heavy atom. The minimum atomic E-state index is -4.20. The lowest BCUT2D eigenvalue weighted by Gasteiger charge is -1.95. The molecule has 0 unspecified atom stereocenters. The second-order valence-corrected chi connectivity index (χ2v) is 4.88.